The Bertz CT molecular complexity index is 753. The summed E-state index contributed by atoms with van der Waals surface area (Å²) in [6, 6.07) is 10.2. The van der Waals surface area contributed by atoms with Gasteiger partial charge >= 0.3 is 0 Å². The Balaban J connectivity index is 2.01. The van der Waals surface area contributed by atoms with Gasteiger partial charge in [-0.2, -0.15) is 0 Å². The van der Waals surface area contributed by atoms with Gasteiger partial charge in [0.1, 0.15) is 5.75 Å². The monoisotopic (exact) mass is 282 g/mol. The summed E-state index contributed by atoms with van der Waals surface area (Å²) in [5.74, 6) is 0.199. The fraction of sp³-hybridized carbons (Fsp3) is 0.125. The predicted octanol–water partition coefficient (Wildman–Crippen LogP) is 2.14. The van der Waals surface area contributed by atoms with Crippen molar-refractivity contribution in [1.29, 1.82) is 0 Å². The van der Waals surface area contributed by atoms with Crippen molar-refractivity contribution >= 4 is 23.1 Å². The second-order valence-electron chi connectivity index (χ2n) is 4.90. The Morgan fingerprint density at radius 1 is 1.29 bits per heavy atom. The molecule has 1 heterocycles. The lowest BCUT2D eigenvalue weighted by atomic mass is 9.97. The zero-order valence-electron chi connectivity index (χ0n) is 11.5. The van der Waals surface area contributed by atoms with Crippen LogP contribution in [0.4, 0.5) is 11.4 Å². The zero-order valence-corrected chi connectivity index (χ0v) is 11.5. The van der Waals surface area contributed by atoms with Crippen molar-refractivity contribution in [3.05, 3.63) is 53.1 Å². The average molecular weight is 282 g/mol. The average Bonchev–Trinajstić information content (AvgIpc) is 2.48. The summed E-state index contributed by atoms with van der Waals surface area (Å²) in [6.45, 7) is 1.81. The van der Waals surface area contributed by atoms with Gasteiger partial charge in [0.05, 0.1) is 5.69 Å². The highest BCUT2D eigenvalue weighted by atomic mass is 16.5. The van der Waals surface area contributed by atoms with E-state index in [0.717, 1.165) is 5.56 Å². The van der Waals surface area contributed by atoms with Crippen LogP contribution in [0, 0.1) is 6.92 Å². The molecule has 21 heavy (non-hydrogen) atoms. The van der Waals surface area contributed by atoms with Crippen molar-refractivity contribution < 1.29 is 14.3 Å². The minimum Gasteiger partial charge on any atom is -0.482 e. The Morgan fingerprint density at radius 2 is 2.10 bits per heavy atom. The highest BCUT2D eigenvalue weighted by molar-refractivity contribution is 6.11. The zero-order chi connectivity index (χ0) is 15.0. The minimum atomic E-state index is -0.229. The van der Waals surface area contributed by atoms with Crippen LogP contribution in [0.25, 0.3) is 0 Å². The minimum absolute atomic E-state index is 0.00534. The Hall–Kier alpha value is -2.82. The number of ether oxygens (including phenoxy) is 1. The van der Waals surface area contributed by atoms with Gasteiger partial charge in [-0.3, -0.25) is 9.59 Å². The quantitative estimate of drug-likeness (QED) is 0.653. The fourth-order valence-electron chi connectivity index (χ4n) is 2.28. The maximum atomic E-state index is 12.6. The van der Waals surface area contributed by atoms with Gasteiger partial charge in [0.2, 0.25) is 0 Å². The summed E-state index contributed by atoms with van der Waals surface area (Å²) in [4.78, 5) is 23.9. The molecule has 2 aromatic carbocycles. The molecule has 1 aliphatic rings. The summed E-state index contributed by atoms with van der Waals surface area (Å²) < 4.78 is 5.28. The van der Waals surface area contributed by atoms with E-state index in [1.165, 1.54) is 0 Å². The second-order valence-corrected chi connectivity index (χ2v) is 4.90. The molecule has 0 fully saturated rings. The number of carbonyl (C=O) groups is 2. The van der Waals surface area contributed by atoms with Crippen LogP contribution in [-0.4, -0.2) is 18.3 Å². The first kappa shape index (κ1) is 13.2. The third kappa shape index (κ3) is 2.33. The number of benzene rings is 2. The molecular weight excluding hydrogens is 268 g/mol. The number of nitrogen functional groups attached to an aromatic ring is 1. The second kappa shape index (κ2) is 4.94. The molecule has 0 bridgehead atoms. The first-order valence-corrected chi connectivity index (χ1v) is 6.53. The van der Waals surface area contributed by atoms with Gasteiger partial charge in [0.25, 0.3) is 5.91 Å². The summed E-state index contributed by atoms with van der Waals surface area (Å²) >= 11 is 0. The lowest BCUT2D eigenvalue weighted by Gasteiger charge is -2.18. The van der Waals surface area contributed by atoms with E-state index in [1.807, 2.05) is 6.92 Å². The van der Waals surface area contributed by atoms with Crippen LogP contribution in [0.1, 0.15) is 21.5 Å². The predicted molar refractivity (Wildman–Crippen MR) is 79.6 cm³/mol. The van der Waals surface area contributed by atoms with Crippen LogP contribution in [0.15, 0.2) is 36.4 Å². The van der Waals surface area contributed by atoms with E-state index in [4.69, 9.17) is 10.5 Å². The molecule has 3 rings (SSSR count). The van der Waals surface area contributed by atoms with E-state index in [-0.39, 0.29) is 18.3 Å². The number of anilines is 2. The first-order valence-electron chi connectivity index (χ1n) is 6.53. The molecule has 1 amide bonds. The Labute approximate surface area is 121 Å². The molecule has 5 heteroatoms. The normalized spacial score (nSPS) is 13.1. The maximum absolute atomic E-state index is 12.6. The molecule has 3 N–H and O–H groups in total. The first-order chi connectivity index (χ1) is 10.1. The van der Waals surface area contributed by atoms with Gasteiger partial charge in [0, 0.05) is 16.8 Å². The van der Waals surface area contributed by atoms with Crippen molar-refractivity contribution in [2.24, 2.45) is 0 Å². The number of rotatable bonds is 2. The number of ketones is 1. The molecular formula is C16H14N2O3. The molecule has 5 nitrogen and oxygen atoms in total. The molecule has 0 unspecified atom stereocenters. The lowest BCUT2D eigenvalue weighted by Crippen LogP contribution is -2.25. The number of carbonyl (C=O) groups excluding carboxylic acids is 2. The highest BCUT2D eigenvalue weighted by Crippen LogP contribution is 2.30. The van der Waals surface area contributed by atoms with E-state index in [1.54, 1.807) is 36.4 Å². The number of nitrogens with two attached hydrogens (primary N) is 1. The van der Waals surface area contributed by atoms with Crippen LogP contribution in [0.2, 0.25) is 0 Å². The SMILES string of the molecule is Cc1c(N)cccc1C(=O)c1ccc2c(c1)NC(=O)CO2. The summed E-state index contributed by atoms with van der Waals surface area (Å²) in [6.07, 6.45) is 0. The molecule has 0 saturated carbocycles. The van der Waals surface area contributed by atoms with Crippen molar-refractivity contribution in [1.82, 2.24) is 0 Å². The van der Waals surface area contributed by atoms with Gasteiger partial charge in [0.15, 0.2) is 12.4 Å². The Kier molecular flexibility index (Phi) is 3.10. The maximum Gasteiger partial charge on any atom is 0.262 e. The Morgan fingerprint density at radius 3 is 2.90 bits per heavy atom. The van der Waals surface area contributed by atoms with Gasteiger partial charge in [-0.05, 0) is 36.8 Å². The summed E-state index contributed by atoms with van der Waals surface area (Å²) in [7, 11) is 0. The third-order valence-electron chi connectivity index (χ3n) is 3.49. The number of nitrogens with one attached hydrogen (secondary N) is 1. The van der Waals surface area contributed by atoms with E-state index >= 15 is 0 Å². The van der Waals surface area contributed by atoms with Crippen molar-refractivity contribution in [3.8, 4) is 5.75 Å². The van der Waals surface area contributed by atoms with Crippen LogP contribution in [0.5, 0.6) is 5.75 Å². The molecule has 106 valence electrons. The molecule has 0 aliphatic carbocycles. The molecule has 2 aromatic rings. The molecule has 0 spiro atoms. The number of fused-ring (bicyclic) bond motifs is 1. The van der Waals surface area contributed by atoms with E-state index < -0.39 is 0 Å². The van der Waals surface area contributed by atoms with E-state index in [2.05, 4.69) is 5.32 Å². The molecule has 0 saturated heterocycles. The lowest BCUT2D eigenvalue weighted by molar-refractivity contribution is -0.118. The van der Waals surface area contributed by atoms with Crippen LogP contribution in [-0.2, 0) is 4.79 Å². The molecule has 0 aromatic heterocycles. The molecule has 0 atom stereocenters. The van der Waals surface area contributed by atoms with Crippen LogP contribution < -0.4 is 15.8 Å². The number of hydrogen-bond donors (Lipinski definition) is 2. The van der Waals surface area contributed by atoms with Crippen molar-refractivity contribution in [2.45, 2.75) is 6.92 Å². The van der Waals surface area contributed by atoms with Crippen molar-refractivity contribution in [2.75, 3.05) is 17.7 Å². The topological polar surface area (TPSA) is 81.4 Å². The van der Waals surface area contributed by atoms with Gasteiger partial charge in [-0.25, -0.2) is 0 Å². The van der Waals surface area contributed by atoms with Gasteiger partial charge < -0.3 is 15.8 Å². The number of amides is 1. The third-order valence-corrected chi connectivity index (χ3v) is 3.49. The summed E-state index contributed by atoms with van der Waals surface area (Å²) in [5, 5.41) is 2.69. The highest BCUT2D eigenvalue weighted by Gasteiger charge is 2.19. The smallest absolute Gasteiger partial charge is 0.262 e. The molecule has 1 aliphatic heterocycles. The largest absolute Gasteiger partial charge is 0.482 e. The van der Waals surface area contributed by atoms with Crippen LogP contribution >= 0.6 is 0 Å². The van der Waals surface area contributed by atoms with Gasteiger partial charge in [-0.1, -0.05) is 12.1 Å². The van der Waals surface area contributed by atoms with E-state index in [9.17, 15) is 9.59 Å². The number of hydrogen-bond acceptors (Lipinski definition) is 4. The van der Waals surface area contributed by atoms with E-state index in [0.29, 0.717) is 28.3 Å². The standard InChI is InChI=1S/C16H14N2O3/c1-9-11(3-2-4-12(9)17)16(20)10-5-6-14-13(7-10)18-15(19)8-21-14/h2-7H,8,17H2,1H3,(H,18,19). The van der Waals surface area contributed by atoms with Crippen molar-refractivity contribution in [3.63, 3.8) is 0 Å². The molecule has 0 radical (unpaired) electrons. The fourth-order valence-corrected chi connectivity index (χ4v) is 2.28. The van der Waals surface area contributed by atoms with Gasteiger partial charge in [-0.15, -0.1) is 0 Å². The van der Waals surface area contributed by atoms with Crippen LogP contribution in [0.3, 0.4) is 0 Å². The summed E-state index contributed by atoms with van der Waals surface area (Å²) in [5.41, 5.74) is 8.71.